The number of hydrogen-bond donors (Lipinski definition) is 2. The summed E-state index contributed by atoms with van der Waals surface area (Å²) in [5.41, 5.74) is 0.781. The predicted octanol–water partition coefficient (Wildman–Crippen LogP) is 1.45. The van der Waals surface area contributed by atoms with Crippen LogP contribution in [0.25, 0.3) is 0 Å². The van der Waals surface area contributed by atoms with Gasteiger partial charge in [0.2, 0.25) is 10.0 Å². The van der Waals surface area contributed by atoms with Gasteiger partial charge in [0, 0.05) is 12.6 Å². The molecule has 0 spiro atoms. The van der Waals surface area contributed by atoms with Crippen LogP contribution in [-0.4, -0.2) is 27.5 Å². The Morgan fingerprint density at radius 1 is 1.33 bits per heavy atom. The van der Waals surface area contributed by atoms with Crippen molar-refractivity contribution in [3.05, 3.63) is 29.8 Å². The molecule has 18 heavy (non-hydrogen) atoms. The fourth-order valence-electron chi connectivity index (χ4n) is 2.09. The van der Waals surface area contributed by atoms with E-state index < -0.39 is 10.0 Å². The Kier molecular flexibility index (Phi) is 5.59. The summed E-state index contributed by atoms with van der Waals surface area (Å²) in [5, 5.41) is 3.20. The molecule has 0 saturated carbocycles. The molecular weight excluding hydrogens is 272 g/mol. The average Bonchev–Trinajstić information content (AvgIpc) is 2.30. The van der Waals surface area contributed by atoms with E-state index in [4.69, 9.17) is 0 Å². The molecule has 0 bridgehead atoms. The fraction of sp³-hybridized carbons (Fsp3) is 0.500. The zero-order chi connectivity index (χ0) is 12.3. The first-order chi connectivity index (χ1) is 8.09. The monoisotopic (exact) mass is 290 g/mol. The van der Waals surface area contributed by atoms with Crippen LogP contribution >= 0.6 is 12.4 Å². The number of rotatable bonds is 3. The van der Waals surface area contributed by atoms with Crippen molar-refractivity contribution in [2.45, 2.75) is 30.7 Å². The van der Waals surface area contributed by atoms with Crippen molar-refractivity contribution in [1.82, 2.24) is 10.0 Å². The van der Waals surface area contributed by atoms with E-state index in [0.717, 1.165) is 24.9 Å². The molecule has 1 atom stereocenters. The van der Waals surface area contributed by atoms with Gasteiger partial charge in [0.1, 0.15) is 0 Å². The number of sulfonamides is 1. The molecule has 0 aromatic heterocycles. The number of aryl methyl sites for hydroxylation is 1. The first kappa shape index (κ1) is 15.4. The van der Waals surface area contributed by atoms with E-state index in [0.29, 0.717) is 11.4 Å². The highest BCUT2D eigenvalue weighted by Gasteiger charge is 2.22. The third-order valence-electron chi connectivity index (χ3n) is 3.00. The maximum absolute atomic E-state index is 12.2. The molecule has 102 valence electrons. The topological polar surface area (TPSA) is 58.2 Å². The number of piperidine rings is 1. The van der Waals surface area contributed by atoms with Crippen LogP contribution in [-0.2, 0) is 10.0 Å². The molecule has 1 aromatic carbocycles. The van der Waals surface area contributed by atoms with Gasteiger partial charge in [0.15, 0.2) is 0 Å². The van der Waals surface area contributed by atoms with Crippen LogP contribution < -0.4 is 10.0 Å². The number of hydrogen-bond acceptors (Lipinski definition) is 3. The van der Waals surface area contributed by atoms with Gasteiger partial charge in [0.05, 0.1) is 4.90 Å². The highest BCUT2D eigenvalue weighted by Crippen LogP contribution is 2.15. The molecular formula is C12H19ClN2O2S. The molecule has 0 unspecified atom stereocenters. The summed E-state index contributed by atoms with van der Waals surface area (Å²) in [6.45, 7) is 3.50. The van der Waals surface area contributed by atoms with Crippen molar-refractivity contribution in [2.24, 2.45) is 0 Å². The minimum Gasteiger partial charge on any atom is -0.315 e. The minimum absolute atomic E-state index is 0. The highest BCUT2D eigenvalue weighted by molar-refractivity contribution is 7.89. The summed E-state index contributed by atoms with van der Waals surface area (Å²) in [6, 6.07) is 7.06. The second-order valence-electron chi connectivity index (χ2n) is 4.43. The van der Waals surface area contributed by atoms with Crippen LogP contribution in [0.5, 0.6) is 0 Å². The van der Waals surface area contributed by atoms with Crippen LogP contribution in [0.1, 0.15) is 18.4 Å². The molecule has 1 aliphatic heterocycles. The SMILES string of the molecule is Cc1ccccc1S(=O)(=O)N[C@H]1CCCNC1.Cl. The van der Waals surface area contributed by atoms with Gasteiger partial charge in [-0.1, -0.05) is 18.2 Å². The lowest BCUT2D eigenvalue weighted by molar-refractivity contribution is 0.428. The maximum Gasteiger partial charge on any atom is 0.241 e. The van der Waals surface area contributed by atoms with Crippen molar-refractivity contribution in [2.75, 3.05) is 13.1 Å². The number of nitrogens with one attached hydrogen (secondary N) is 2. The first-order valence-electron chi connectivity index (χ1n) is 5.88. The van der Waals surface area contributed by atoms with E-state index in [2.05, 4.69) is 10.0 Å². The Hall–Kier alpha value is -0.620. The second-order valence-corrected chi connectivity index (χ2v) is 6.11. The second kappa shape index (κ2) is 6.52. The third-order valence-corrected chi connectivity index (χ3v) is 4.68. The molecule has 1 aliphatic rings. The molecule has 4 nitrogen and oxygen atoms in total. The quantitative estimate of drug-likeness (QED) is 0.886. The van der Waals surface area contributed by atoms with E-state index in [1.807, 2.05) is 19.1 Å². The lowest BCUT2D eigenvalue weighted by Crippen LogP contribution is -2.45. The number of halogens is 1. The van der Waals surface area contributed by atoms with E-state index in [9.17, 15) is 8.42 Å². The van der Waals surface area contributed by atoms with Crippen molar-refractivity contribution in [3.63, 3.8) is 0 Å². The Morgan fingerprint density at radius 3 is 2.67 bits per heavy atom. The van der Waals surface area contributed by atoms with Gasteiger partial charge in [0.25, 0.3) is 0 Å². The van der Waals surface area contributed by atoms with Gasteiger partial charge in [-0.2, -0.15) is 0 Å². The Bertz CT molecular complexity index is 485. The predicted molar refractivity (Wildman–Crippen MR) is 74.6 cm³/mol. The molecule has 1 saturated heterocycles. The molecule has 6 heteroatoms. The lowest BCUT2D eigenvalue weighted by Gasteiger charge is -2.23. The van der Waals surface area contributed by atoms with Gasteiger partial charge in [-0.05, 0) is 37.9 Å². The van der Waals surface area contributed by atoms with Crippen LogP contribution in [0.2, 0.25) is 0 Å². The smallest absolute Gasteiger partial charge is 0.241 e. The van der Waals surface area contributed by atoms with Crippen molar-refractivity contribution in [1.29, 1.82) is 0 Å². The molecule has 2 rings (SSSR count). The molecule has 0 radical (unpaired) electrons. The van der Waals surface area contributed by atoms with Crippen molar-refractivity contribution in [3.8, 4) is 0 Å². The van der Waals surface area contributed by atoms with Gasteiger partial charge in [-0.3, -0.25) is 0 Å². The Morgan fingerprint density at radius 2 is 2.06 bits per heavy atom. The van der Waals surface area contributed by atoms with Crippen LogP contribution in [0.4, 0.5) is 0 Å². The first-order valence-corrected chi connectivity index (χ1v) is 7.36. The summed E-state index contributed by atoms with van der Waals surface area (Å²) in [5.74, 6) is 0. The lowest BCUT2D eigenvalue weighted by atomic mass is 10.1. The molecule has 0 amide bonds. The van der Waals surface area contributed by atoms with Crippen LogP contribution in [0.3, 0.4) is 0 Å². The maximum atomic E-state index is 12.2. The van der Waals surface area contributed by atoms with Gasteiger partial charge < -0.3 is 5.32 Å². The molecule has 2 N–H and O–H groups in total. The van der Waals surface area contributed by atoms with Crippen molar-refractivity contribution >= 4 is 22.4 Å². The van der Waals surface area contributed by atoms with E-state index in [1.165, 1.54) is 0 Å². The summed E-state index contributed by atoms with van der Waals surface area (Å²) >= 11 is 0. The Balaban J connectivity index is 0.00000162. The van der Waals surface area contributed by atoms with Crippen LogP contribution in [0.15, 0.2) is 29.2 Å². The zero-order valence-corrected chi connectivity index (χ0v) is 12.0. The van der Waals surface area contributed by atoms with Gasteiger partial charge >= 0.3 is 0 Å². The summed E-state index contributed by atoms with van der Waals surface area (Å²) in [4.78, 5) is 0.380. The Labute approximate surface area is 115 Å². The van der Waals surface area contributed by atoms with Crippen LogP contribution in [0, 0.1) is 6.92 Å². The fourth-order valence-corrected chi connectivity index (χ4v) is 3.61. The number of benzene rings is 1. The van der Waals surface area contributed by atoms with E-state index in [1.54, 1.807) is 12.1 Å². The van der Waals surface area contributed by atoms with Gasteiger partial charge in [-0.25, -0.2) is 13.1 Å². The largest absolute Gasteiger partial charge is 0.315 e. The minimum atomic E-state index is -3.38. The zero-order valence-electron chi connectivity index (χ0n) is 10.3. The molecule has 1 aromatic rings. The van der Waals surface area contributed by atoms with Crippen molar-refractivity contribution < 1.29 is 8.42 Å². The molecule has 1 fully saturated rings. The van der Waals surface area contributed by atoms with E-state index >= 15 is 0 Å². The summed E-state index contributed by atoms with van der Waals surface area (Å²) in [7, 11) is -3.38. The third kappa shape index (κ3) is 3.68. The van der Waals surface area contributed by atoms with E-state index in [-0.39, 0.29) is 18.4 Å². The molecule has 0 aliphatic carbocycles. The summed E-state index contributed by atoms with van der Waals surface area (Å²) in [6.07, 6.45) is 1.92. The normalized spacial score (nSPS) is 20.2. The summed E-state index contributed by atoms with van der Waals surface area (Å²) < 4.78 is 27.1. The standard InChI is InChI=1S/C12H18N2O2S.ClH/c1-10-5-2-3-7-12(10)17(15,16)14-11-6-4-8-13-9-11;/h2-3,5,7,11,13-14H,4,6,8-9H2,1H3;1H/t11-;/m0./s1. The highest BCUT2D eigenvalue weighted by atomic mass is 35.5. The average molecular weight is 291 g/mol. The molecule has 1 heterocycles. The van der Waals surface area contributed by atoms with Gasteiger partial charge in [-0.15, -0.1) is 12.4 Å².